The third-order valence-corrected chi connectivity index (χ3v) is 3.72. The summed E-state index contributed by atoms with van der Waals surface area (Å²) in [4.78, 5) is 26.6. The van der Waals surface area contributed by atoms with Gasteiger partial charge in [-0.25, -0.2) is 4.79 Å². The van der Waals surface area contributed by atoms with Crippen molar-refractivity contribution in [2.45, 2.75) is 20.5 Å². The van der Waals surface area contributed by atoms with Gasteiger partial charge < -0.3 is 9.26 Å². The molecule has 3 aromatic rings. The van der Waals surface area contributed by atoms with Crippen LogP contribution in [0.1, 0.15) is 27.5 Å². The van der Waals surface area contributed by atoms with Crippen LogP contribution in [0, 0.1) is 24.0 Å². The molecule has 0 fully saturated rings. The lowest BCUT2D eigenvalue weighted by Gasteiger charge is -2.05. The summed E-state index contributed by atoms with van der Waals surface area (Å²) >= 11 is 0. The van der Waals surface area contributed by atoms with E-state index in [1.807, 2.05) is 6.92 Å². The largest absolute Gasteiger partial charge is 0.454 e. The summed E-state index contributed by atoms with van der Waals surface area (Å²) in [7, 11) is 0. The zero-order valence-corrected chi connectivity index (χ0v) is 14.1. The first-order valence-electron chi connectivity index (χ1n) is 7.76. The maximum absolute atomic E-state index is 12.1. The molecule has 0 spiro atoms. The predicted octanol–water partition coefficient (Wildman–Crippen LogP) is 3.62. The quantitative estimate of drug-likeness (QED) is 0.391. The van der Waals surface area contributed by atoms with Crippen LogP contribution >= 0.6 is 0 Å². The predicted molar refractivity (Wildman–Crippen MR) is 91.4 cm³/mol. The molecule has 8 heteroatoms. The van der Waals surface area contributed by atoms with E-state index >= 15 is 0 Å². The summed E-state index contributed by atoms with van der Waals surface area (Å²) in [6.07, 6.45) is 0. The minimum Gasteiger partial charge on any atom is -0.454 e. The Labute approximate surface area is 148 Å². The van der Waals surface area contributed by atoms with E-state index in [-0.39, 0.29) is 12.3 Å². The van der Waals surface area contributed by atoms with Gasteiger partial charge in [-0.2, -0.15) is 0 Å². The highest BCUT2D eigenvalue weighted by Crippen LogP contribution is 2.22. The van der Waals surface area contributed by atoms with E-state index in [0.29, 0.717) is 28.3 Å². The second-order valence-electron chi connectivity index (χ2n) is 5.64. The van der Waals surface area contributed by atoms with Crippen molar-refractivity contribution in [1.29, 1.82) is 0 Å². The Morgan fingerprint density at radius 3 is 2.58 bits per heavy atom. The summed E-state index contributed by atoms with van der Waals surface area (Å²) in [5.41, 5.74) is 2.97. The highest BCUT2D eigenvalue weighted by atomic mass is 16.6. The van der Waals surface area contributed by atoms with Crippen LogP contribution in [0.3, 0.4) is 0 Å². The van der Waals surface area contributed by atoms with E-state index in [2.05, 4.69) is 10.1 Å². The lowest BCUT2D eigenvalue weighted by atomic mass is 10.1. The number of aromatic nitrogens is 2. The van der Waals surface area contributed by atoms with Crippen molar-refractivity contribution in [3.05, 3.63) is 75.3 Å². The van der Waals surface area contributed by atoms with Crippen molar-refractivity contribution in [3.8, 4) is 11.3 Å². The molecule has 0 N–H and O–H groups in total. The number of carbonyl (C=O) groups excluding carboxylic acids is 1. The van der Waals surface area contributed by atoms with Crippen LogP contribution in [-0.4, -0.2) is 21.0 Å². The third kappa shape index (κ3) is 3.75. The number of hydrogen-bond donors (Lipinski definition) is 0. The van der Waals surface area contributed by atoms with E-state index < -0.39 is 10.9 Å². The number of nitro benzene ring substituents is 1. The number of nitro groups is 1. The highest BCUT2D eigenvalue weighted by Gasteiger charge is 2.14. The molecule has 0 saturated carbocycles. The van der Waals surface area contributed by atoms with Crippen molar-refractivity contribution in [1.82, 2.24) is 10.1 Å². The molecular weight excluding hydrogens is 338 g/mol. The summed E-state index contributed by atoms with van der Waals surface area (Å²) in [6.45, 7) is 3.51. The number of hydrogen-bond acceptors (Lipinski definition) is 7. The van der Waals surface area contributed by atoms with Crippen molar-refractivity contribution < 1.29 is 19.0 Å². The van der Waals surface area contributed by atoms with E-state index in [1.165, 1.54) is 12.1 Å². The molecule has 8 nitrogen and oxygen atoms in total. The molecule has 0 amide bonds. The molecule has 132 valence electrons. The maximum Gasteiger partial charge on any atom is 0.340 e. The number of carbonyl (C=O) groups is 1. The Balaban J connectivity index is 1.66. The summed E-state index contributed by atoms with van der Waals surface area (Å²) in [5.74, 6) is -0.132. The lowest BCUT2D eigenvalue weighted by Crippen LogP contribution is -2.08. The summed E-state index contributed by atoms with van der Waals surface area (Å²) in [5, 5.41) is 14.6. The molecule has 0 aliphatic rings. The van der Waals surface area contributed by atoms with Gasteiger partial charge in [-0.1, -0.05) is 5.16 Å². The van der Waals surface area contributed by atoms with Crippen molar-refractivity contribution in [2.24, 2.45) is 0 Å². The number of ether oxygens (including phenoxy) is 1. The van der Waals surface area contributed by atoms with Gasteiger partial charge in [0.1, 0.15) is 5.69 Å². The first-order valence-corrected chi connectivity index (χ1v) is 7.76. The number of benzene rings is 1. The van der Waals surface area contributed by atoms with Crippen LogP contribution < -0.4 is 0 Å². The molecule has 3 rings (SSSR count). The minimum absolute atomic E-state index is 0.00604. The fourth-order valence-corrected chi connectivity index (χ4v) is 2.39. The average molecular weight is 353 g/mol. The number of nitrogens with zero attached hydrogens (tertiary/aromatic N) is 3. The second kappa shape index (κ2) is 7.14. The number of esters is 1. The molecule has 0 unspecified atom stereocenters. The SMILES string of the molecule is Cc1ccc(C(=O)OCc2cc(-c3ccc([N+](=O)[O-])cc3)no2)c(C)n1. The van der Waals surface area contributed by atoms with Gasteiger partial charge in [0.05, 0.1) is 16.2 Å². The van der Waals surface area contributed by atoms with Crippen molar-refractivity contribution >= 4 is 11.7 Å². The third-order valence-electron chi connectivity index (χ3n) is 3.72. The molecule has 1 aromatic carbocycles. The topological polar surface area (TPSA) is 108 Å². The van der Waals surface area contributed by atoms with Gasteiger partial charge in [-0.3, -0.25) is 15.1 Å². The summed E-state index contributed by atoms with van der Waals surface area (Å²) in [6, 6.07) is 11.0. The normalized spacial score (nSPS) is 10.5. The van der Waals surface area contributed by atoms with E-state index in [9.17, 15) is 14.9 Å². The smallest absolute Gasteiger partial charge is 0.340 e. The maximum atomic E-state index is 12.1. The van der Waals surface area contributed by atoms with Crippen molar-refractivity contribution in [2.75, 3.05) is 0 Å². The van der Waals surface area contributed by atoms with Gasteiger partial charge in [-0.15, -0.1) is 0 Å². The van der Waals surface area contributed by atoms with Gasteiger partial charge in [0, 0.05) is 29.5 Å². The van der Waals surface area contributed by atoms with Crippen LogP contribution in [0.15, 0.2) is 47.0 Å². The van der Waals surface area contributed by atoms with E-state index in [4.69, 9.17) is 9.26 Å². The zero-order valence-electron chi connectivity index (χ0n) is 14.1. The second-order valence-corrected chi connectivity index (χ2v) is 5.64. The standard InChI is InChI=1S/C18H15N3O5/c1-11-3-8-16(12(2)19-11)18(22)25-10-15-9-17(20-26-15)13-4-6-14(7-5-13)21(23)24/h3-9H,10H2,1-2H3. The molecule has 26 heavy (non-hydrogen) atoms. The first-order chi connectivity index (χ1) is 12.4. The van der Waals surface area contributed by atoms with Gasteiger partial charge in [0.25, 0.3) is 5.69 Å². The zero-order chi connectivity index (χ0) is 18.7. The first kappa shape index (κ1) is 17.3. The molecule has 0 saturated heterocycles. The number of non-ortho nitro benzene ring substituents is 1. The van der Waals surface area contributed by atoms with Crippen LogP contribution in [0.4, 0.5) is 5.69 Å². The molecular formula is C18H15N3O5. The molecule has 0 aliphatic carbocycles. The van der Waals surface area contributed by atoms with Crippen molar-refractivity contribution in [3.63, 3.8) is 0 Å². The Morgan fingerprint density at radius 2 is 1.92 bits per heavy atom. The highest BCUT2D eigenvalue weighted by molar-refractivity contribution is 5.90. The lowest BCUT2D eigenvalue weighted by molar-refractivity contribution is -0.384. The molecule has 2 aromatic heterocycles. The van der Waals surface area contributed by atoms with Gasteiger partial charge in [0.15, 0.2) is 12.4 Å². The van der Waals surface area contributed by atoms with Crippen LogP contribution in [0.2, 0.25) is 0 Å². The Morgan fingerprint density at radius 1 is 1.19 bits per heavy atom. The van der Waals surface area contributed by atoms with Crippen LogP contribution in [-0.2, 0) is 11.3 Å². The summed E-state index contributed by atoms with van der Waals surface area (Å²) < 4.78 is 10.4. The number of aryl methyl sites for hydroxylation is 2. The molecule has 0 bridgehead atoms. The van der Waals surface area contributed by atoms with Crippen LogP contribution in [0.5, 0.6) is 0 Å². The molecule has 0 aliphatic heterocycles. The Bertz CT molecular complexity index is 963. The fraction of sp³-hybridized carbons (Fsp3) is 0.167. The van der Waals surface area contributed by atoms with E-state index in [1.54, 1.807) is 37.3 Å². The monoisotopic (exact) mass is 353 g/mol. The van der Waals surface area contributed by atoms with Gasteiger partial charge in [-0.05, 0) is 38.1 Å². The molecule has 2 heterocycles. The molecule has 0 radical (unpaired) electrons. The molecule has 0 atom stereocenters. The average Bonchev–Trinajstić information content (AvgIpc) is 3.09. The Hall–Kier alpha value is -3.55. The number of rotatable bonds is 5. The Kier molecular flexibility index (Phi) is 4.74. The van der Waals surface area contributed by atoms with Crippen LogP contribution in [0.25, 0.3) is 11.3 Å². The van der Waals surface area contributed by atoms with Gasteiger partial charge >= 0.3 is 5.97 Å². The van der Waals surface area contributed by atoms with Gasteiger partial charge in [0.2, 0.25) is 0 Å². The number of pyridine rings is 1. The van der Waals surface area contributed by atoms with E-state index in [0.717, 1.165) is 5.69 Å². The fourth-order valence-electron chi connectivity index (χ4n) is 2.39. The minimum atomic E-state index is -0.497.